The smallest absolute Gasteiger partial charge is 0.0922 e. The maximum Gasteiger partial charge on any atom is 0.0922 e. The third-order valence-corrected chi connectivity index (χ3v) is 3.87. The second-order valence-corrected chi connectivity index (χ2v) is 5.22. The summed E-state index contributed by atoms with van der Waals surface area (Å²) < 4.78 is 0. The van der Waals surface area contributed by atoms with Crippen molar-refractivity contribution >= 4 is 22.7 Å². The number of hydrogen-bond acceptors (Lipinski definition) is 4. The number of nitrogens with one attached hydrogen (secondary N) is 1. The molecule has 0 fully saturated rings. The van der Waals surface area contributed by atoms with Gasteiger partial charge in [-0.05, 0) is 57.7 Å². The van der Waals surface area contributed by atoms with Gasteiger partial charge in [-0.3, -0.25) is 0 Å². The minimum absolute atomic E-state index is 0.381. The van der Waals surface area contributed by atoms with E-state index in [1.807, 2.05) is 16.8 Å². The van der Waals surface area contributed by atoms with Crippen LogP contribution in [-0.2, 0) is 6.42 Å². The molecule has 0 radical (unpaired) electrons. The zero-order valence-corrected chi connectivity index (χ0v) is 10.6. The van der Waals surface area contributed by atoms with Gasteiger partial charge in [0.25, 0.3) is 0 Å². The van der Waals surface area contributed by atoms with Gasteiger partial charge in [0.15, 0.2) is 0 Å². The molecule has 2 heterocycles. The van der Waals surface area contributed by atoms with E-state index in [4.69, 9.17) is 0 Å². The van der Waals surface area contributed by atoms with Crippen molar-refractivity contribution in [1.82, 2.24) is 5.32 Å². The van der Waals surface area contributed by atoms with Crippen molar-refractivity contribution in [2.75, 3.05) is 13.1 Å². The molecule has 0 aliphatic carbocycles. The molecular formula is C12H15NOS2. The molecular weight excluding hydrogens is 238 g/mol. The Morgan fingerprint density at radius 3 is 2.69 bits per heavy atom. The van der Waals surface area contributed by atoms with Gasteiger partial charge < -0.3 is 10.4 Å². The summed E-state index contributed by atoms with van der Waals surface area (Å²) in [6, 6.07) is 4.11. The minimum atomic E-state index is -0.381. The van der Waals surface area contributed by atoms with E-state index in [2.05, 4.69) is 22.1 Å². The molecule has 4 heteroatoms. The van der Waals surface area contributed by atoms with Crippen LogP contribution in [0.25, 0.3) is 0 Å². The number of aliphatic hydroxyl groups is 1. The Kier molecular flexibility index (Phi) is 4.54. The topological polar surface area (TPSA) is 32.3 Å². The fraction of sp³-hybridized carbons (Fsp3) is 0.333. The molecule has 2 N–H and O–H groups in total. The van der Waals surface area contributed by atoms with E-state index in [-0.39, 0.29) is 6.10 Å². The molecule has 16 heavy (non-hydrogen) atoms. The lowest BCUT2D eigenvalue weighted by molar-refractivity contribution is 0.175. The Morgan fingerprint density at radius 2 is 2.00 bits per heavy atom. The van der Waals surface area contributed by atoms with Crippen molar-refractivity contribution in [2.45, 2.75) is 12.5 Å². The van der Waals surface area contributed by atoms with Gasteiger partial charge in [0.05, 0.1) is 6.10 Å². The second-order valence-electron chi connectivity index (χ2n) is 3.66. The molecule has 2 aromatic rings. The van der Waals surface area contributed by atoms with Gasteiger partial charge in [-0.25, -0.2) is 0 Å². The van der Waals surface area contributed by atoms with Gasteiger partial charge in [0.2, 0.25) is 0 Å². The van der Waals surface area contributed by atoms with E-state index in [1.54, 1.807) is 22.7 Å². The van der Waals surface area contributed by atoms with Crippen LogP contribution < -0.4 is 5.32 Å². The predicted molar refractivity (Wildman–Crippen MR) is 70.2 cm³/mol. The average molecular weight is 253 g/mol. The molecule has 0 saturated heterocycles. The number of rotatable bonds is 6. The van der Waals surface area contributed by atoms with E-state index >= 15 is 0 Å². The molecule has 2 rings (SSSR count). The van der Waals surface area contributed by atoms with Gasteiger partial charge in [-0.1, -0.05) is 0 Å². The standard InChI is InChI=1S/C12H15NOS2/c14-12(11-3-6-16-9-11)7-13-4-1-10-2-5-15-8-10/h2-3,5-6,8-9,12-14H,1,4,7H2. The van der Waals surface area contributed by atoms with Gasteiger partial charge in [-0.2, -0.15) is 22.7 Å². The van der Waals surface area contributed by atoms with Gasteiger partial charge >= 0.3 is 0 Å². The number of thiophene rings is 2. The molecule has 2 nitrogen and oxygen atoms in total. The summed E-state index contributed by atoms with van der Waals surface area (Å²) in [5, 5.41) is 21.3. The lowest BCUT2D eigenvalue weighted by atomic mass is 10.2. The summed E-state index contributed by atoms with van der Waals surface area (Å²) in [5.74, 6) is 0. The molecule has 0 saturated carbocycles. The largest absolute Gasteiger partial charge is 0.387 e. The quantitative estimate of drug-likeness (QED) is 0.776. The predicted octanol–water partition coefficient (Wildman–Crippen LogP) is 2.68. The van der Waals surface area contributed by atoms with Crippen LogP contribution >= 0.6 is 22.7 Å². The van der Waals surface area contributed by atoms with E-state index < -0.39 is 0 Å². The molecule has 0 amide bonds. The molecule has 0 aliphatic rings. The number of hydrogen-bond donors (Lipinski definition) is 2. The van der Waals surface area contributed by atoms with Gasteiger partial charge in [-0.15, -0.1) is 0 Å². The van der Waals surface area contributed by atoms with E-state index in [9.17, 15) is 5.11 Å². The first kappa shape index (κ1) is 11.8. The Labute approximate surface area is 104 Å². The first-order chi connectivity index (χ1) is 7.86. The lowest BCUT2D eigenvalue weighted by Crippen LogP contribution is -2.23. The van der Waals surface area contributed by atoms with Crippen LogP contribution in [0.3, 0.4) is 0 Å². The van der Waals surface area contributed by atoms with Crippen molar-refractivity contribution in [2.24, 2.45) is 0 Å². The highest BCUT2D eigenvalue weighted by atomic mass is 32.1. The minimum Gasteiger partial charge on any atom is -0.387 e. The summed E-state index contributed by atoms with van der Waals surface area (Å²) in [6.07, 6.45) is 0.647. The molecule has 2 aromatic heterocycles. The Bertz CT molecular complexity index is 383. The fourth-order valence-electron chi connectivity index (χ4n) is 1.49. The van der Waals surface area contributed by atoms with Gasteiger partial charge in [0.1, 0.15) is 0 Å². The molecule has 0 aromatic carbocycles. The normalized spacial score (nSPS) is 12.8. The van der Waals surface area contributed by atoms with Crippen molar-refractivity contribution in [3.63, 3.8) is 0 Å². The van der Waals surface area contributed by atoms with Crippen molar-refractivity contribution < 1.29 is 5.11 Å². The van der Waals surface area contributed by atoms with Crippen molar-refractivity contribution in [3.8, 4) is 0 Å². The highest BCUT2D eigenvalue weighted by molar-refractivity contribution is 7.08. The Morgan fingerprint density at radius 1 is 1.19 bits per heavy atom. The maximum atomic E-state index is 9.81. The highest BCUT2D eigenvalue weighted by Gasteiger charge is 2.06. The van der Waals surface area contributed by atoms with Crippen LogP contribution in [0, 0.1) is 0 Å². The molecule has 86 valence electrons. The van der Waals surface area contributed by atoms with Crippen LogP contribution in [0.4, 0.5) is 0 Å². The zero-order chi connectivity index (χ0) is 11.2. The average Bonchev–Trinajstić information content (AvgIpc) is 2.96. The Balaban J connectivity index is 1.65. The van der Waals surface area contributed by atoms with Gasteiger partial charge in [0, 0.05) is 6.54 Å². The molecule has 1 unspecified atom stereocenters. The van der Waals surface area contributed by atoms with E-state index in [0.717, 1.165) is 18.5 Å². The van der Waals surface area contributed by atoms with Crippen LogP contribution in [0.2, 0.25) is 0 Å². The summed E-state index contributed by atoms with van der Waals surface area (Å²) in [7, 11) is 0. The summed E-state index contributed by atoms with van der Waals surface area (Å²) >= 11 is 3.34. The third-order valence-electron chi connectivity index (χ3n) is 2.44. The van der Waals surface area contributed by atoms with Crippen LogP contribution in [-0.4, -0.2) is 18.2 Å². The molecule has 1 atom stereocenters. The molecule has 0 bridgehead atoms. The van der Waals surface area contributed by atoms with Crippen LogP contribution in [0.15, 0.2) is 33.7 Å². The van der Waals surface area contributed by atoms with E-state index in [0.29, 0.717) is 6.54 Å². The SMILES string of the molecule is OC(CNCCc1ccsc1)c1ccsc1. The summed E-state index contributed by atoms with van der Waals surface area (Å²) in [5.41, 5.74) is 2.37. The monoisotopic (exact) mass is 253 g/mol. The van der Waals surface area contributed by atoms with Crippen molar-refractivity contribution in [1.29, 1.82) is 0 Å². The second kappa shape index (κ2) is 6.15. The lowest BCUT2D eigenvalue weighted by Gasteiger charge is -2.09. The molecule has 0 aliphatic heterocycles. The first-order valence-electron chi connectivity index (χ1n) is 5.28. The molecule has 0 spiro atoms. The first-order valence-corrected chi connectivity index (χ1v) is 7.17. The highest BCUT2D eigenvalue weighted by Crippen LogP contribution is 2.15. The van der Waals surface area contributed by atoms with Crippen molar-refractivity contribution in [3.05, 3.63) is 44.8 Å². The van der Waals surface area contributed by atoms with Crippen LogP contribution in [0.1, 0.15) is 17.2 Å². The Hall–Kier alpha value is -0.680. The number of aliphatic hydroxyl groups excluding tert-OH is 1. The fourth-order valence-corrected chi connectivity index (χ4v) is 2.90. The van der Waals surface area contributed by atoms with Crippen LogP contribution in [0.5, 0.6) is 0 Å². The maximum absolute atomic E-state index is 9.81. The van der Waals surface area contributed by atoms with E-state index in [1.165, 1.54) is 5.56 Å². The third kappa shape index (κ3) is 3.42. The summed E-state index contributed by atoms with van der Waals surface area (Å²) in [4.78, 5) is 0. The zero-order valence-electron chi connectivity index (χ0n) is 8.93. The summed E-state index contributed by atoms with van der Waals surface area (Å²) in [6.45, 7) is 1.54.